The van der Waals surface area contributed by atoms with E-state index in [0.717, 1.165) is 6.42 Å². The van der Waals surface area contributed by atoms with Gasteiger partial charge in [-0.1, -0.05) is 17.7 Å². The highest BCUT2D eigenvalue weighted by Gasteiger charge is 2.07. The number of rotatable bonds is 4. The third-order valence-corrected chi connectivity index (χ3v) is 4.05. The van der Waals surface area contributed by atoms with Crippen LogP contribution in [0.5, 0.6) is 5.88 Å². The van der Waals surface area contributed by atoms with Crippen LogP contribution in [0.4, 0.5) is 0 Å². The molecule has 0 radical (unpaired) electrons. The second-order valence-electron chi connectivity index (χ2n) is 2.96. The molecule has 0 spiro atoms. The molecule has 0 fully saturated rings. The first kappa shape index (κ1) is 11.8. The number of hydrogen-bond acceptors (Lipinski definition) is 4. The summed E-state index contributed by atoms with van der Waals surface area (Å²) in [5, 5.41) is 2.41. The van der Waals surface area contributed by atoms with Crippen LogP contribution in [0.2, 0.25) is 5.15 Å². The smallest absolute Gasteiger partial charge is 0.232 e. The van der Waals surface area contributed by atoms with Crippen LogP contribution in [0, 0.1) is 0 Å². The largest absolute Gasteiger partial charge is 0.476 e. The van der Waals surface area contributed by atoms with Crippen LogP contribution in [-0.2, 0) is 6.42 Å². The summed E-state index contributed by atoms with van der Waals surface area (Å²) < 4.78 is 6.12. The van der Waals surface area contributed by atoms with E-state index in [1.54, 1.807) is 11.3 Å². The molecule has 0 aromatic carbocycles. The van der Waals surface area contributed by atoms with Crippen molar-refractivity contribution in [2.75, 3.05) is 6.61 Å². The zero-order chi connectivity index (χ0) is 11.4. The van der Waals surface area contributed by atoms with E-state index < -0.39 is 0 Å². The van der Waals surface area contributed by atoms with Crippen molar-refractivity contribution in [3.8, 4) is 5.88 Å². The van der Waals surface area contributed by atoms with Crippen LogP contribution >= 0.6 is 38.9 Å². The number of thiophene rings is 1. The van der Waals surface area contributed by atoms with Crippen LogP contribution in [-0.4, -0.2) is 16.6 Å². The minimum atomic E-state index is 0.362. The molecular formula is C10H8BrClN2OS. The Bertz CT molecular complexity index is 464. The van der Waals surface area contributed by atoms with E-state index in [4.69, 9.17) is 16.3 Å². The maximum atomic E-state index is 5.82. The highest BCUT2D eigenvalue weighted by atomic mass is 79.9. The van der Waals surface area contributed by atoms with Gasteiger partial charge in [-0.25, -0.2) is 9.97 Å². The SMILES string of the molecule is Clc1ncnc(OCCc2cccs2)c1Br. The van der Waals surface area contributed by atoms with Crippen LogP contribution in [0.25, 0.3) is 0 Å². The lowest BCUT2D eigenvalue weighted by molar-refractivity contribution is 0.307. The van der Waals surface area contributed by atoms with Crippen molar-refractivity contribution in [1.82, 2.24) is 9.97 Å². The Kier molecular flexibility index (Phi) is 4.15. The van der Waals surface area contributed by atoms with Crippen molar-refractivity contribution in [1.29, 1.82) is 0 Å². The van der Waals surface area contributed by atoms with Gasteiger partial charge in [0.05, 0.1) is 6.61 Å². The van der Waals surface area contributed by atoms with E-state index >= 15 is 0 Å². The summed E-state index contributed by atoms with van der Waals surface area (Å²) >= 11 is 10.8. The molecule has 2 aromatic heterocycles. The van der Waals surface area contributed by atoms with Crippen molar-refractivity contribution >= 4 is 38.9 Å². The third-order valence-electron chi connectivity index (χ3n) is 1.88. The van der Waals surface area contributed by atoms with Crippen LogP contribution in [0.3, 0.4) is 0 Å². The van der Waals surface area contributed by atoms with Crippen molar-refractivity contribution in [2.24, 2.45) is 0 Å². The fraction of sp³-hybridized carbons (Fsp3) is 0.200. The second kappa shape index (κ2) is 5.61. The van der Waals surface area contributed by atoms with Crippen LogP contribution < -0.4 is 4.74 Å². The van der Waals surface area contributed by atoms with Crippen LogP contribution in [0.1, 0.15) is 4.88 Å². The molecule has 0 atom stereocenters. The summed E-state index contributed by atoms with van der Waals surface area (Å²) in [4.78, 5) is 9.11. The summed E-state index contributed by atoms with van der Waals surface area (Å²) in [7, 11) is 0. The molecule has 2 heterocycles. The van der Waals surface area contributed by atoms with E-state index in [1.165, 1.54) is 11.2 Å². The first-order valence-corrected chi connectivity index (χ1v) is 6.63. The molecule has 0 aliphatic heterocycles. The minimum absolute atomic E-state index is 0.362. The standard InChI is InChI=1S/C10H8BrClN2OS/c11-8-9(12)13-6-14-10(8)15-4-3-7-2-1-5-16-7/h1-2,5-6H,3-4H2. The third kappa shape index (κ3) is 2.93. The Hall–Kier alpha value is -0.650. The van der Waals surface area contributed by atoms with Crippen LogP contribution in [0.15, 0.2) is 28.3 Å². The predicted octanol–water partition coefficient (Wildman–Crippen LogP) is 3.58. The topological polar surface area (TPSA) is 35.0 Å². The predicted molar refractivity (Wildman–Crippen MR) is 68.3 cm³/mol. The zero-order valence-electron chi connectivity index (χ0n) is 8.19. The number of ether oxygens (including phenoxy) is 1. The van der Waals surface area contributed by atoms with Gasteiger partial charge in [0.2, 0.25) is 5.88 Å². The second-order valence-corrected chi connectivity index (χ2v) is 5.14. The average molecular weight is 320 g/mol. The summed E-state index contributed by atoms with van der Waals surface area (Å²) in [6.07, 6.45) is 2.25. The summed E-state index contributed by atoms with van der Waals surface area (Å²) in [6, 6.07) is 4.10. The fourth-order valence-corrected chi connectivity index (χ4v) is 2.27. The van der Waals surface area contributed by atoms with E-state index in [2.05, 4.69) is 32.0 Å². The van der Waals surface area contributed by atoms with Gasteiger partial charge in [0.15, 0.2) is 5.15 Å². The van der Waals surface area contributed by atoms with Gasteiger partial charge in [0.25, 0.3) is 0 Å². The molecular weight excluding hydrogens is 312 g/mol. The Labute approximate surface area is 111 Å². The Balaban J connectivity index is 1.92. The Morgan fingerprint density at radius 1 is 1.44 bits per heavy atom. The molecule has 3 nitrogen and oxygen atoms in total. The molecule has 2 rings (SSSR count). The van der Waals surface area contributed by atoms with Gasteiger partial charge < -0.3 is 4.74 Å². The average Bonchev–Trinajstić information content (AvgIpc) is 2.77. The minimum Gasteiger partial charge on any atom is -0.476 e. The molecule has 0 bridgehead atoms. The number of halogens is 2. The quantitative estimate of drug-likeness (QED) is 0.808. The van der Waals surface area contributed by atoms with E-state index in [-0.39, 0.29) is 0 Å². The van der Waals surface area contributed by atoms with Crippen molar-refractivity contribution in [3.05, 3.63) is 38.3 Å². The molecule has 6 heteroatoms. The lowest BCUT2D eigenvalue weighted by Gasteiger charge is -2.06. The number of nitrogens with zero attached hydrogens (tertiary/aromatic N) is 2. The zero-order valence-corrected chi connectivity index (χ0v) is 11.3. The fourth-order valence-electron chi connectivity index (χ4n) is 1.14. The molecule has 0 N–H and O–H groups in total. The van der Waals surface area contributed by atoms with Gasteiger partial charge >= 0.3 is 0 Å². The van der Waals surface area contributed by atoms with E-state index in [0.29, 0.717) is 22.1 Å². The molecule has 0 amide bonds. The molecule has 0 aliphatic rings. The molecule has 2 aromatic rings. The van der Waals surface area contributed by atoms with Crippen molar-refractivity contribution in [3.63, 3.8) is 0 Å². The summed E-state index contributed by atoms with van der Waals surface area (Å²) in [5.41, 5.74) is 0. The van der Waals surface area contributed by atoms with Gasteiger partial charge in [-0.05, 0) is 27.4 Å². The molecule has 0 saturated heterocycles. The molecule has 84 valence electrons. The van der Waals surface area contributed by atoms with E-state index in [9.17, 15) is 0 Å². The van der Waals surface area contributed by atoms with Crippen molar-refractivity contribution in [2.45, 2.75) is 6.42 Å². The van der Waals surface area contributed by atoms with Crippen molar-refractivity contribution < 1.29 is 4.74 Å². The lowest BCUT2D eigenvalue weighted by atomic mass is 10.4. The maximum absolute atomic E-state index is 5.82. The highest BCUT2D eigenvalue weighted by molar-refractivity contribution is 9.10. The Morgan fingerprint density at radius 3 is 3.06 bits per heavy atom. The molecule has 0 aliphatic carbocycles. The van der Waals surface area contributed by atoms with E-state index in [1.807, 2.05) is 11.4 Å². The number of hydrogen-bond donors (Lipinski definition) is 0. The monoisotopic (exact) mass is 318 g/mol. The molecule has 0 saturated carbocycles. The molecule has 16 heavy (non-hydrogen) atoms. The first-order valence-electron chi connectivity index (χ1n) is 4.58. The first-order chi connectivity index (χ1) is 7.77. The van der Waals surface area contributed by atoms with Gasteiger partial charge in [-0.15, -0.1) is 11.3 Å². The van der Waals surface area contributed by atoms with Gasteiger partial charge in [-0.2, -0.15) is 0 Å². The lowest BCUT2D eigenvalue weighted by Crippen LogP contribution is -2.02. The van der Waals surface area contributed by atoms with Gasteiger partial charge in [0, 0.05) is 11.3 Å². The molecule has 0 unspecified atom stereocenters. The van der Waals surface area contributed by atoms with Gasteiger partial charge in [-0.3, -0.25) is 0 Å². The maximum Gasteiger partial charge on any atom is 0.232 e. The van der Waals surface area contributed by atoms with Gasteiger partial charge in [0.1, 0.15) is 10.8 Å². The summed E-state index contributed by atoms with van der Waals surface area (Å²) in [5.74, 6) is 0.483. The number of aromatic nitrogens is 2. The summed E-state index contributed by atoms with van der Waals surface area (Å²) in [6.45, 7) is 0.576. The Morgan fingerprint density at radius 2 is 2.31 bits per heavy atom. The highest BCUT2D eigenvalue weighted by Crippen LogP contribution is 2.27. The normalized spacial score (nSPS) is 10.4.